The number of thiocarbonyl (C=S) groups is 1. The molecule has 0 unspecified atom stereocenters. The summed E-state index contributed by atoms with van der Waals surface area (Å²) in [6, 6.07) is 7.94. The zero-order valence-corrected chi connectivity index (χ0v) is 10.9. The van der Waals surface area contributed by atoms with Gasteiger partial charge in [0.25, 0.3) is 5.91 Å². The lowest BCUT2D eigenvalue weighted by Crippen LogP contribution is -2.22. The Labute approximate surface area is 113 Å². The summed E-state index contributed by atoms with van der Waals surface area (Å²) in [7, 11) is 0. The lowest BCUT2D eigenvalue weighted by atomic mass is 10.2. The van der Waals surface area contributed by atoms with Gasteiger partial charge in [-0.15, -0.1) is 0 Å². The normalized spacial score (nSPS) is 16.3. The number of nitrogens with zero attached hydrogens (tertiary/aromatic N) is 2. The maximum atomic E-state index is 11.5. The Bertz CT molecular complexity index is 646. The molecule has 90 valence electrons. The van der Waals surface area contributed by atoms with E-state index in [2.05, 4.69) is 10.1 Å². The number of carbonyl (C=O) groups excluding carboxylic acids is 1. The van der Waals surface area contributed by atoms with E-state index in [0.717, 1.165) is 16.5 Å². The highest BCUT2D eigenvalue weighted by atomic mass is 32.2. The molecule has 0 atom stereocenters. The van der Waals surface area contributed by atoms with Crippen molar-refractivity contribution in [3.63, 3.8) is 0 Å². The summed E-state index contributed by atoms with van der Waals surface area (Å²) in [6.07, 6.45) is 3.53. The zero-order valence-electron chi connectivity index (χ0n) is 9.29. The van der Waals surface area contributed by atoms with Crippen molar-refractivity contribution < 1.29 is 4.79 Å². The van der Waals surface area contributed by atoms with Crippen LogP contribution in [0.2, 0.25) is 0 Å². The number of benzene rings is 1. The first kappa shape index (κ1) is 11.4. The maximum absolute atomic E-state index is 11.5. The van der Waals surface area contributed by atoms with Gasteiger partial charge < -0.3 is 4.98 Å². The van der Waals surface area contributed by atoms with Crippen LogP contribution >= 0.6 is 24.0 Å². The molecule has 0 bridgehead atoms. The van der Waals surface area contributed by atoms with Crippen LogP contribution in [0, 0.1) is 0 Å². The number of hydrogen-bond donors (Lipinski definition) is 1. The number of fused-ring (bicyclic) bond motifs is 1. The highest BCUT2D eigenvalue weighted by Crippen LogP contribution is 2.20. The highest BCUT2D eigenvalue weighted by Gasteiger charge is 2.25. The molecule has 4 nitrogen and oxygen atoms in total. The molecule has 2 aromatic rings. The number of aromatic amines is 1. The molecule has 1 aromatic heterocycles. The van der Waals surface area contributed by atoms with Gasteiger partial charge in [0.05, 0.1) is 12.0 Å². The highest BCUT2D eigenvalue weighted by molar-refractivity contribution is 8.23. The second-order valence-corrected chi connectivity index (χ2v) is 5.40. The number of nitrogens with one attached hydrogen (secondary N) is 1. The third-order valence-electron chi connectivity index (χ3n) is 2.66. The van der Waals surface area contributed by atoms with Crippen molar-refractivity contribution in [2.24, 2.45) is 5.10 Å². The lowest BCUT2D eigenvalue weighted by molar-refractivity contribution is -0.123. The number of rotatable bonds is 2. The molecule has 1 aromatic carbocycles. The van der Waals surface area contributed by atoms with Crippen LogP contribution in [0.25, 0.3) is 10.9 Å². The molecule has 1 N–H and O–H groups in total. The van der Waals surface area contributed by atoms with Crippen molar-refractivity contribution in [3.8, 4) is 0 Å². The Hall–Kier alpha value is -1.66. The number of hydrazone groups is 1. The van der Waals surface area contributed by atoms with Gasteiger partial charge in [0.1, 0.15) is 0 Å². The summed E-state index contributed by atoms with van der Waals surface area (Å²) in [6.45, 7) is 0. The fourth-order valence-corrected chi connectivity index (χ4v) is 2.75. The molecule has 3 rings (SSSR count). The van der Waals surface area contributed by atoms with E-state index < -0.39 is 0 Å². The number of carbonyl (C=O) groups is 1. The van der Waals surface area contributed by atoms with Gasteiger partial charge in [-0.1, -0.05) is 42.2 Å². The second-order valence-electron chi connectivity index (χ2n) is 3.79. The Morgan fingerprint density at radius 2 is 2.28 bits per heavy atom. The molecule has 1 aliphatic rings. The van der Waals surface area contributed by atoms with Crippen LogP contribution < -0.4 is 0 Å². The van der Waals surface area contributed by atoms with Gasteiger partial charge >= 0.3 is 0 Å². The van der Waals surface area contributed by atoms with Gasteiger partial charge in [-0.3, -0.25) is 4.79 Å². The molecule has 1 amide bonds. The fourth-order valence-electron chi connectivity index (χ4n) is 1.78. The fraction of sp³-hybridized carbons (Fsp3) is 0.0833. The molecule has 18 heavy (non-hydrogen) atoms. The molecule has 2 heterocycles. The van der Waals surface area contributed by atoms with E-state index in [1.165, 1.54) is 16.8 Å². The number of amides is 1. The first-order valence-corrected chi connectivity index (χ1v) is 6.75. The molecular weight excluding hydrogens is 266 g/mol. The Kier molecular flexibility index (Phi) is 2.89. The summed E-state index contributed by atoms with van der Waals surface area (Å²) >= 11 is 6.40. The quantitative estimate of drug-likeness (QED) is 0.676. The molecule has 0 aliphatic carbocycles. The average molecular weight is 275 g/mol. The van der Waals surface area contributed by atoms with E-state index in [-0.39, 0.29) is 5.91 Å². The van der Waals surface area contributed by atoms with E-state index in [1.807, 2.05) is 30.5 Å². The van der Waals surface area contributed by atoms with Gasteiger partial charge in [-0.2, -0.15) is 10.1 Å². The smallest absolute Gasteiger partial charge is 0.259 e. The van der Waals surface area contributed by atoms with Crippen molar-refractivity contribution in [1.82, 2.24) is 9.99 Å². The van der Waals surface area contributed by atoms with Crippen molar-refractivity contribution in [3.05, 3.63) is 36.0 Å². The van der Waals surface area contributed by atoms with E-state index in [9.17, 15) is 4.79 Å². The minimum Gasteiger partial charge on any atom is -0.361 e. The Morgan fingerprint density at radius 3 is 3.06 bits per heavy atom. The number of H-pyrrole nitrogens is 1. The second kappa shape index (κ2) is 4.55. The van der Waals surface area contributed by atoms with Gasteiger partial charge in [-0.05, 0) is 6.07 Å². The number of hydrogen-bond acceptors (Lipinski definition) is 4. The SMILES string of the molecule is O=C1CSC(=S)N1/N=C\c1c[nH]c2ccccc12. The van der Waals surface area contributed by atoms with Crippen molar-refractivity contribution in [2.45, 2.75) is 0 Å². The van der Waals surface area contributed by atoms with E-state index in [4.69, 9.17) is 12.2 Å². The molecule has 6 heteroatoms. The predicted octanol–water partition coefficient (Wildman–Crippen LogP) is 2.36. The topological polar surface area (TPSA) is 48.5 Å². The van der Waals surface area contributed by atoms with Gasteiger partial charge in [0.2, 0.25) is 0 Å². The van der Waals surface area contributed by atoms with Crippen molar-refractivity contribution in [1.29, 1.82) is 0 Å². The lowest BCUT2D eigenvalue weighted by Gasteiger charge is -2.05. The molecule has 0 radical (unpaired) electrons. The van der Waals surface area contributed by atoms with Gasteiger partial charge in [0, 0.05) is 22.7 Å². The van der Waals surface area contributed by atoms with Crippen LogP contribution in [-0.4, -0.2) is 32.2 Å². The summed E-state index contributed by atoms with van der Waals surface area (Å²) in [5.74, 6) is 0.311. The van der Waals surface area contributed by atoms with E-state index in [1.54, 1.807) is 6.21 Å². The molecule has 0 saturated carbocycles. The molecule has 1 saturated heterocycles. The monoisotopic (exact) mass is 275 g/mol. The minimum atomic E-state index is -0.0684. The zero-order chi connectivity index (χ0) is 12.5. The van der Waals surface area contributed by atoms with Crippen LogP contribution in [0.1, 0.15) is 5.56 Å². The van der Waals surface area contributed by atoms with Gasteiger partial charge in [-0.25, -0.2) is 0 Å². The predicted molar refractivity (Wildman–Crippen MR) is 77.8 cm³/mol. The first-order valence-electron chi connectivity index (χ1n) is 5.35. The third-order valence-corrected chi connectivity index (χ3v) is 4.00. The van der Waals surface area contributed by atoms with Crippen LogP contribution in [0.3, 0.4) is 0 Å². The number of thioether (sulfide) groups is 1. The van der Waals surface area contributed by atoms with E-state index >= 15 is 0 Å². The first-order chi connectivity index (χ1) is 8.75. The van der Waals surface area contributed by atoms with Crippen LogP contribution in [0.15, 0.2) is 35.6 Å². The van der Waals surface area contributed by atoms with Crippen molar-refractivity contribution >= 4 is 51.3 Å². The van der Waals surface area contributed by atoms with Crippen LogP contribution in [-0.2, 0) is 4.79 Å². The third kappa shape index (κ3) is 1.93. The summed E-state index contributed by atoms with van der Waals surface area (Å²) in [5, 5.41) is 6.51. The summed E-state index contributed by atoms with van der Waals surface area (Å²) in [4.78, 5) is 14.7. The summed E-state index contributed by atoms with van der Waals surface area (Å²) in [5.41, 5.74) is 1.99. The number of para-hydroxylation sites is 1. The minimum absolute atomic E-state index is 0.0684. The van der Waals surface area contributed by atoms with Crippen LogP contribution in [0.5, 0.6) is 0 Å². The molecule has 1 fully saturated rings. The average Bonchev–Trinajstić information content (AvgIpc) is 2.93. The maximum Gasteiger partial charge on any atom is 0.259 e. The largest absolute Gasteiger partial charge is 0.361 e. The standard InChI is InChI=1S/C12H9N3OS2/c16-11-7-18-12(17)15(11)14-6-8-5-13-10-4-2-1-3-9(8)10/h1-6,13H,7H2/b14-6-. The van der Waals surface area contributed by atoms with Gasteiger partial charge in [0.15, 0.2) is 4.32 Å². The van der Waals surface area contributed by atoms with Crippen molar-refractivity contribution in [2.75, 3.05) is 5.75 Å². The molecule has 0 spiro atoms. The van der Waals surface area contributed by atoms with Crippen LogP contribution in [0.4, 0.5) is 0 Å². The summed E-state index contributed by atoms with van der Waals surface area (Å²) < 4.78 is 0.510. The molecule has 1 aliphatic heterocycles. The molecular formula is C12H9N3OS2. The Morgan fingerprint density at radius 1 is 1.44 bits per heavy atom. The Balaban J connectivity index is 1.92. The number of aromatic nitrogens is 1. The van der Waals surface area contributed by atoms with E-state index in [0.29, 0.717) is 10.1 Å².